The molecule has 1 fully saturated rings. The van der Waals surface area contributed by atoms with Crippen molar-refractivity contribution < 1.29 is 17.9 Å². The van der Waals surface area contributed by atoms with E-state index in [2.05, 4.69) is 20.9 Å². The first kappa shape index (κ1) is 28.1. The number of ether oxygens (including phenoxy) is 2. The van der Waals surface area contributed by atoms with Gasteiger partial charge < -0.3 is 14.8 Å². The summed E-state index contributed by atoms with van der Waals surface area (Å²) in [5.74, 6) is 0.794. The molecule has 5 aromatic rings. The zero-order valence-electron chi connectivity index (χ0n) is 24.3. The van der Waals surface area contributed by atoms with Crippen molar-refractivity contribution in [2.24, 2.45) is 0 Å². The monoisotopic (exact) mass is 619 g/mol. The number of sulfone groups is 1. The first-order valence-electron chi connectivity index (χ1n) is 14.4. The van der Waals surface area contributed by atoms with Crippen molar-refractivity contribution in [3.05, 3.63) is 64.3 Å². The number of pyridine rings is 1. The number of aryl methyl sites for hydroxylation is 2. The second kappa shape index (κ2) is 11.1. The summed E-state index contributed by atoms with van der Waals surface area (Å²) in [5, 5.41) is 10.9. The van der Waals surface area contributed by atoms with Crippen LogP contribution in [0.15, 0.2) is 40.6 Å². The summed E-state index contributed by atoms with van der Waals surface area (Å²) in [6, 6.07) is 9.39. The van der Waals surface area contributed by atoms with Crippen molar-refractivity contribution in [2.45, 2.75) is 63.8 Å². The Balaban J connectivity index is 1.34. The Labute approximate surface area is 253 Å². The molecule has 1 N–H and O–H groups in total. The standard InChI is InChI=1S/C30H33N7O4S2/c1-18-17-42-30(31-18)20-7-8-24(26(12-20)43(3,38)39)34-25-15-21(13-22-14-23-16-40-11-9-36(23)35-22)33-29-28(25)32-19(2)37(29)27-6-4-5-10-41-27/h7-8,12,14-15,17,27H,4-6,9-11,13,16H2,1-3H3,(H,33,34). The van der Waals surface area contributed by atoms with E-state index < -0.39 is 9.84 Å². The van der Waals surface area contributed by atoms with E-state index >= 15 is 0 Å². The molecule has 2 aliphatic rings. The van der Waals surface area contributed by atoms with Crippen LogP contribution in [0.3, 0.4) is 0 Å². The number of aromatic nitrogens is 6. The van der Waals surface area contributed by atoms with Gasteiger partial charge in [-0.25, -0.2) is 23.4 Å². The van der Waals surface area contributed by atoms with E-state index in [9.17, 15) is 8.42 Å². The van der Waals surface area contributed by atoms with E-state index in [-0.39, 0.29) is 11.1 Å². The molecule has 2 aliphatic heterocycles. The van der Waals surface area contributed by atoms with Gasteiger partial charge in [-0.05, 0) is 63.4 Å². The van der Waals surface area contributed by atoms with Crippen molar-refractivity contribution >= 4 is 43.7 Å². The highest BCUT2D eigenvalue weighted by Crippen LogP contribution is 2.36. The SMILES string of the molecule is Cc1csc(-c2ccc(Nc3cc(Cc4cc5n(n4)CCOC5)nc4c3nc(C)n4C3CCCCO3)c(S(C)(=O)=O)c2)n1. The van der Waals surface area contributed by atoms with E-state index in [1.165, 1.54) is 17.6 Å². The van der Waals surface area contributed by atoms with Crippen LogP contribution in [-0.2, 0) is 38.9 Å². The Morgan fingerprint density at radius 3 is 2.67 bits per heavy atom. The van der Waals surface area contributed by atoms with Gasteiger partial charge >= 0.3 is 0 Å². The number of benzene rings is 1. The van der Waals surface area contributed by atoms with Crippen LogP contribution in [0, 0.1) is 13.8 Å². The maximum absolute atomic E-state index is 13.0. The number of hydrogen-bond acceptors (Lipinski definition) is 10. The van der Waals surface area contributed by atoms with E-state index in [1.807, 2.05) is 36.0 Å². The predicted octanol–water partition coefficient (Wildman–Crippen LogP) is 5.34. The molecule has 0 amide bonds. The van der Waals surface area contributed by atoms with E-state index in [0.29, 0.717) is 48.8 Å². The van der Waals surface area contributed by atoms with Crippen molar-refractivity contribution in [2.75, 3.05) is 24.8 Å². The highest BCUT2D eigenvalue weighted by molar-refractivity contribution is 7.90. The smallest absolute Gasteiger partial charge is 0.177 e. The second-order valence-corrected chi connectivity index (χ2v) is 14.0. The van der Waals surface area contributed by atoms with Crippen molar-refractivity contribution in [1.29, 1.82) is 0 Å². The molecular weight excluding hydrogens is 587 g/mol. The normalized spacial score (nSPS) is 17.3. The average molecular weight is 620 g/mol. The molecule has 1 unspecified atom stereocenters. The van der Waals surface area contributed by atoms with Crippen LogP contribution in [0.4, 0.5) is 11.4 Å². The fourth-order valence-electron chi connectivity index (χ4n) is 5.80. The second-order valence-electron chi connectivity index (χ2n) is 11.2. The third-order valence-electron chi connectivity index (χ3n) is 7.81. The lowest BCUT2D eigenvalue weighted by Gasteiger charge is -2.25. The first-order valence-corrected chi connectivity index (χ1v) is 17.2. The predicted molar refractivity (Wildman–Crippen MR) is 164 cm³/mol. The number of nitrogens with zero attached hydrogens (tertiary/aromatic N) is 6. The van der Waals surface area contributed by atoms with Gasteiger partial charge in [-0.2, -0.15) is 5.10 Å². The first-order chi connectivity index (χ1) is 20.7. The molecule has 43 heavy (non-hydrogen) atoms. The van der Waals surface area contributed by atoms with Gasteiger partial charge in [0.25, 0.3) is 0 Å². The number of thiazole rings is 1. The van der Waals surface area contributed by atoms with E-state index in [1.54, 1.807) is 12.1 Å². The number of rotatable bonds is 7. The number of fused-ring (bicyclic) bond motifs is 2. The van der Waals surface area contributed by atoms with Crippen molar-refractivity contribution in [1.82, 2.24) is 29.3 Å². The molecule has 0 aliphatic carbocycles. The number of anilines is 2. The fourth-order valence-corrected chi connectivity index (χ4v) is 7.46. The molecule has 0 bridgehead atoms. The summed E-state index contributed by atoms with van der Waals surface area (Å²) < 4.78 is 41.9. The molecule has 4 aromatic heterocycles. The van der Waals surface area contributed by atoms with Gasteiger partial charge in [0.15, 0.2) is 15.5 Å². The molecular formula is C30H33N7O4S2. The summed E-state index contributed by atoms with van der Waals surface area (Å²) in [6.45, 7) is 6.49. The van der Waals surface area contributed by atoms with Crippen molar-refractivity contribution in [3.63, 3.8) is 0 Å². The minimum atomic E-state index is -3.58. The van der Waals surface area contributed by atoms with Gasteiger partial charge in [0, 0.05) is 35.9 Å². The molecule has 224 valence electrons. The highest BCUT2D eigenvalue weighted by atomic mass is 32.2. The Morgan fingerprint density at radius 2 is 1.93 bits per heavy atom. The summed E-state index contributed by atoms with van der Waals surface area (Å²) in [5.41, 5.74) is 6.89. The lowest BCUT2D eigenvalue weighted by atomic mass is 10.1. The maximum Gasteiger partial charge on any atom is 0.177 e. The van der Waals surface area contributed by atoms with Crippen LogP contribution in [0.25, 0.3) is 21.7 Å². The Bertz CT molecular complexity index is 1910. The third kappa shape index (κ3) is 5.57. The van der Waals surface area contributed by atoms with Crippen molar-refractivity contribution in [3.8, 4) is 10.6 Å². The molecule has 1 aromatic carbocycles. The van der Waals surface area contributed by atoms with Crippen LogP contribution >= 0.6 is 11.3 Å². The summed E-state index contributed by atoms with van der Waals surface area (Å²) >= 11 is 1.49. The highest BCUT2D eigenvalue weighted by Gasteiger charge is 2.25. The molecule has 0 radical (unpaired) electrons. The Morgan fingerprint density at radius 1 is 1.05 bits per heavy atom. The Hall–Kier alpha value is -3.65. The third-order valence-corrected chi connectivity index (χ3v) is 9.96. The van der Waals surface area contributed by atoms with Gasteiger partial charge in [0.2, 0.25) is 0 Å². The maximum atomic E-state index is 13.0. The lowest BCUT2D eigenvalue weighted by molar-refractivity contribution is -0.0309. The van der Waals surface area contributed by atoms with Crippen LogP contribution in [0.5, 0.6) is 0 Å². The van der Waals surface area contributed by atoms with Gasteiger partial charge in [0.1, 0.15) is 22.6 Å². The van der Waals surface area contributed by atoms with Gasteiger partial charge in [-0.1, -0.05) is 0 Å². The topological polar surface area (TPSA) is 126 Å². The molecule has 1 saturated heterocycles. The Kier molecular flexibility index (Phi) is 7.28. The minimum absolute atomic E-state index is 0.154. The zero-order valence-corrected chi connectivity index (χ0v) is 26.0. The fraction of sp³-hybridized carbons (Fsp3) is 0.400. The molecule has 1 atom stereocenters. The molecule has 7 rings (SSSR count). The zero-order chi connectivity index (χ0) is 29.7. The average Bonchev–Trinajstić information content (AvgIpc) is 3.69. The molecule has 6 heterocycles. The lowest BCUT2D eigenvalue weighted by Crippen LogP contribution is -2.19. The minimum Gasteiger partial charge on any atom is -0.373 e. The molecule has 0 saturated carbocycles. The van der Waals surface area contributed by atoms with Gasteiger partial charge in [-0.15, -0.1) is 11.3 Å². The van der Waals surface area contributed by atoms with E-state index in [0.717, 1.165) is 65.0 Å². The summed E-state index contributed by atoms with van der Waals surface area (Å²) in [6.07, 6.45) is 4.56. The number of nitrogens with one attached hydrogen (secondary N) is 1. The molecule has 13 heteroatoms. The van der Waals surface area contributed by atoms with Gasteiger partial charge in [-0.3, -0.25) is 9.25 Å². The van der Waals surface area contributed by atoms with Gasteiger partial charge in [0.05, 0.1) is 53.1 Å². The van der Waals surface area contributed by atoms with Crippen LogP contribution < -0.4 is 5.32 Å². The number of hydrogen-bond donors (Lipinski definition) is 1. The van der Waals surface area contributed by atoms with Crippen LogP contribution in [0.1, 0.15) is 54.1 Å². The molecule has 11 nitrogen and oxygen atoms in total. The quantitative estimate of drug-likeness (QED) is 0.257. The van der Waals surface area contributed by atoms with E-state index in [4.69, 9.17) is 24.5 Å². The molecule has 0 spiro atoms. The largest absolute Gasteiger partial charge is 0.373 e. The summed E-state index contributed by atoms with van der Waals surface area (Å²) in [4.78, 5) is 14.7. The summed E-state index contributed by atoms with van der Waals surface area (Å²) in [7, 11) is -3.58. The van der Waals surface area contributed by atoms with Crippen LogP contribution in [0.2, 0.25) is 0 Å². The number of imidazole rings is 1. The van der Waals surface area contributed by atoms with Crippen LogP contribution in [-0.4, -0.2) is 57.2 Å².